The molecule has 1 fully saturated rings. The van der Waals surface area contributed by atoms with Crippen molar-refractivity contribution in [2.45, 2.75) is 5.37 Å². The lowest BCUT2D eigenvalue weighted by atomic mass is 10.2. The van der Waals surface area contributed by atoms with Crippen molar-refractivity contribution in [1.82, 2.24) is 5.43 Å². The molecule has 1 heterocycles. The summed E-state index contributed by atoms with van der Waals surface area (Å²) in [5, 5.41) is -0.281. The molecule has 2 rings (SSSR count). The Morgan fingerprint density at radius 1 is 1.59 bits per heavy atom. The number of hydrogen-bond donors (Lipinski definition) is 2. The fourth-order valence-corrected chi connectivity index (χ4v) is 3.02. The number of carbonyl (C=O) groups is 1. The zero-order valence-electron chi connectivity index (χ0n) is 9.55. The first-order valence-corrected chi connectivity index (χ1v) is 6.34. The molecule has 6 heteroatoms. The van der Waals surface area contributed by atoms with E-state index in [1.165, 1.54) is 0 Å². The van der Waals surface area contributed by atoms with Crippen LogP contribution in [0.15, 0.2) is 24.3 Å². The predicted octanol–water partition coefficient (Wildman–Crippen LogP) is 0.564. The Labute approximate surface area is 104 Å². The number of anilines is 1. The van der Waals surface area contributed by atoms with Gasteiger partial charge in [0.25, 0.3) is 5.91 Å². The number of carbonyl (C=O) groups excluding carboxylic acids is 1. The van der Waals surface area contributed by atoms with E-state index < -0.39 is 0 Å². The van der Waals surface area contributed by atoms with Crippen LogP contribution in [0.5, 0.6) is 5.75 Å². The summed E-state index contributed by atoms with van der Waals surface area (Å²) in [4.78, 5) is 13.7. The van der Waals surface area contributed by atoms with Gasteiger partial charge in [-0.3, -0.25) is 10.2 Å². The summed E-state index contributed by atoms with van der Waals surface area (Å²) in [6.07, 6.45) is 0. The zero-order valence-corrected chi connectivity index (χ0v) is 10.4. The van der Waals surface area contributed by atoms with Crippen molar-refractivity contribution >= 4 is 23.4 Å². The molecule has 1 atom stereocenters. The van der Waals surface area contributed by atoms with Crippen molar-refractivity contribution < 1.29 is 9.53 Å². The lowest BCUT2D eigenvalue weighted by Gasteiger charge is -2.25. The molecule has 0 unspecified atom stereocenters. The molecule has 1 saturated heterocycles. The van der Waals surface area contributed by atoms with E-state index in [1.807, 2.05) is 29.2 Å². The van der Waals surface area contributed by atoms with E-state index in [-0.39, 0.29) is 11.3 Å². The molecule has 0 aliphatic carbocycles. The molecular formula is C11H15N3O2S. The van der Waals surface area contributed by atoms with Crippen molar-refractivity contribution in [2.75, 3.05) is 24.3 Å². The maximum absolute atomic E-state index is 11.7. The van der Waals surface area contributed by atoms with E-state index in [1.54, 1.807) is 18.9 Å². The monoisotopic (exact) mass is 253 g/mol. The first kappa shape index (κ1) is 12.1. The Morgan fingerprint density at radius 2 is 2.35 bits per heavy atom. The number of nitrogens with one attached hydrogen (secondary N) is 1. The normalized spacial score (nSPS) is 19.2. The first-order valence-electron chi connectivity index (χ1n) is 5.29. The Kier molecular flexibility index (Phi) is 3.75. The van der Waals surface area contributed by atoms with Crippen molar-refractivity contribution in [3.05, 3.63) is 24.3 Å². The van der Waals surface area contributed by atoms with Gasteiger partial charge in [0.15, 0.2) is 5.37 Å². The van der Waals surface area contributed by atoms with Gasteiger partial charge in [-0.15, -0.1) is 11.8 Å². The molecule has 92 valence electrons. The molecule has 0 aromatic heterocycles. The van der Waals surface area contributed by atoms with Crippen molar-refractivity contribution in [3.8, 4) is 5.75 Å². The maximum atomic E-state index is 11.7. The van der Waals surface area contributed by atoms with Gasteiger partial charge in [-0.1, -0.05) is 12.1 Å². The first-order chi connectivity index (χ1) is 8.27. The summed E-state index contributed by atoms with van der Waals surface area (Å²) in [6.45, 7) is 0.809. The minimum absolute atomic E-state index is 0.182. The van der Waals surface area contributed by atoms with Crippen LogP contribution < -0.4 is 20.9 Å². The van der Waals surface area contributed by atoms with E-state index >= 15 is 0 Å². The molecular weight excluding hydrogens is 238 g/mol. The Morgan fingerprint density at radius 3 is 3.06 bits per heavy atom. The van der Waals surface area contributed by atoms with E-state index in [2.05, 4.69) is 5.43 Å². The average Bonchev–Trinajstić information content (AvgIpc) is 2.86. The summed E-state index contributed by atoms with van der Waals surface area (Å²) in [6, 6.07) is 7.67. The van der Waals surface area contributed by atoms with Crippen LogP contribution in [-0.4, -0.2) is 30.7 Å². The number of ether oxygens (including phenoxy) is 1. The summed E-state index contributed by atoms with van der Waals surface area (Å²) in [5.74, 6) is 6.68. The van der Waals surface area contributed by atoms with Gasteiger partial charge in [-0.05, 0) is 12.1 Å². The highest BCUT2D eigenvalue weighted by atomic mass is 32.2. The number of nitrogens with two attached hydrogens (primary N) is 1. The van der Waals surface area contributed by atoms with Crippen LogP contribution in [0.3, 0.4) is 0 Å². The second kappa shape index (κ2) is 5.29. The number of thioether (sulfide) groups is 1. The summed E-state index contributed by atoms with van der Waals surface area (Å²) in [7, 11) is 1.63. The van der Waals surface area contributed by atoms with Crippen LogP contribution in [0.4, 0.5) is 5.69 Å². The van der Waals surface area contributed by atoms with Gasteiger partial charge >= 0.3 is 0 Å². The van der Waals surface area contributed by atoms with Crippen LogP contribution in [0.1, 0.15) is 0 Å². The lowest BCUT2D eigenvalue weighted by Crippen LogP contribution is -2.44. The standard InChI is InChI=1S/C11H15N3O2S/c1-16-9-5-3-2-4-8(9)14-6-7-17-11(14)10(15)13-12/h2-5,11H,6-7,12H2,1H3,(H,13,15)/t11-/m0/s1. The van der Waals surface area contributed by atoms with Gasteiger partial charge in [0.2, 0.25) is 0 Å². The van der Waals surface area contributed by atoms with Crippen molar-refractivity contribution in [3.63, 3.8) is 0 Å². The van der Waals surface area contributed by atoms with E-state index in [0.717, 1.165) is 23.7 Å². The van der Waals surface area contributed by atoms with Gasteiger partial charge in [-0.25, -0.2) is 5.84 Å². The van der Waals surface area contributed by atoms with Gasteiger partial charge in [0, 0.05) is 12.3 Å². The highest BCUT2D eigenvalue weighted by Crippen LogP contribution is 2.35. The highest BCUT2D eigenvalue weighted by molar-refractivity contribution is 8.01. The molecule has 3 N–H and O–H groups in total. The molecule has 1 aliphatic heterocycles. The van der Waals surface area contributed by atoms with Gasteiger partial charge in [0.05, 0.1) is 12.8 Å². The van der Waals surface area contributed by atoms with Crippen LogP contribution in [-0.2, 0) is 4.79 Å². The Bertz CT molecular complexity index is 413. The minimum atomic E-state index is -0.281. The maximum Gasteiger partial charge on any atom is 0.267 e. The third-order valence-electron chi connectivity index (χ3n) is 2.65. The lowest BCUT2D eigenvalue weighted by molar-refractivity contribution is -0.120. The third-order valence-corrected chi connectivity index (χ3v) is 3.85. The van der Waals surface area contributed by atoms with Crippen LogP contribution in [0.25, 0.3) is 0 Å². The van der Waals surface area contributed by atoms with Gasteiger partial charge in [-0.2, -0.15) is 0 Å². The van der Waals surface area contributed by atoms with Crippen molar-refractivity contribution in [1.29, 1.82) is 0 Å². The van der Waals surface area contributed by atoms with Crippen LogP contribution in [0, 0.1) is 0 Å². The number of benzene rings is 1. The number of para-hydroxylation sites is 2. The number of rotatable bonds is 3. The molecule has 0 bridgehead atoms. The second-order valence-electron chi connectivity index (χ2n) is 3.60. The summed E-state index contributed by atoms with van der Waals surface area (Å²) in [5.41, 5.74) is 3.13. The number of amides is 1. The molecule has 1 amide bonds. The number of hydrogen-bond acceptors (Lipinski definition) is 5. The molecule has 1 aromatic rings. The highest BCUT2D eigenvalue weighted by Gasteiger charge is 2.32. The van der Waals surface area contributed by atoms with Gasteiger partial charge in [0.1, 0.15) is 5.75 Å². The van der Waals surface area contributed by atoms with Crippen LogP contribution >= 0.6 is 11.8 Å². The summed E-state index contributed by atoms with van der Waals surface area (Å²) >= 11 is 1.58. The van der Waals surface area contributed by atoms with E-state index in [4.69, 9.17) is 10.6 Å². The van der Waals surface area contributed by atoms with Gasteiger partial charge < -0.3 is 9.64 Å². The number of hydrazine groups is 1. The zero-order chi connectivity index (χ0) is 12.3. The van der Waals surface area contributed by atoms with E-state index in [0.29, 0.717) is 0 Å². The quantitative estimate of drug-likeness (QED) is 0.468. The molecule has 0 spiro atoms. The predicted molar refractivity (Wildman–Crippen MR) is 68.9 cm³/mol. The van der Waals surface area contributed by atoms with E-state index in [9.17, 15) is 4.79 Å². The Balaban J connectivity index is 2.29. The van der Waals surface area contributed by atoms with Crippen molar-refractivity contribution in [2.24, 2.45) is 5.84 Å². The number of nitrogens with zero attached hydrogens (tertiary/aromatic N) is 1. The molecule has 0 radical (unpaired) electrons. The molecule has 1 aliphatic rings. The third kappa shape index (κ3) is 2.32. The average molecular weight is 253 g/mol. The molecule has 0 saturated carbocycles. The minimum Gasteiger partial charge on any atom is -0.495 e. The smallest absolute Gasteiger partial charge is 0.267 e. The fraction of sp³-hybridized carbons (Fsp3) is 0.364. The summed E-state index contributed by atoms with van der Waals surface area (Å²) < 4.78 is 5.31. The molecule has 1 aromatic carbocycles. The molecule has 17 heavy (non-hydrogen) atoms. The SMILES string of the molecule is COc1ccccc1N1CCS[C@H]1C(=O)NN. The largest absolute Gasteiger partial charge is 0.495 e. The number of methoxy groups -OCH3 is 1. The van der Waals surface area contributed by atoms with Crippen LogP contribution in [0.2, 0.25) is 0 Å². The Hall–Kier alpha value is -1.40. The topological polar surface area (TPSA) is 67.6 Å². The molecule has 5 nitrogen and oxygen atoms in total. The fourth-order valence-electron chi connectivity index (χ4n) is 1.87. The second-order valence-corrected chi connectivity index (χ2v) is 4.79.